The van der Waals surface area contributed by atoms with Crippen molar-refractivity contribution in [2.75, 3.05) is 26.2 Å². The minimum Gasteiger partial charge on any atom is -0.358 e. The molecular weight excluding hydrogens is 391 g/mol. The monoisotopic (exact) mass is 415 g/mol. The van der Waals surface area contributed by atoms with Gasteiger partial charge in [-0.3, -0.25) is 14.6 Å². The smallest absolute Gasteiger partial charge is 0.358 e. The van der Waals surface area contributed by atoms with Crippen molar-refractivity contribution >= 4 is 10.9 Å². The highest BCUT2D eigenvalue weighted by molar-refractivity contribution is 5.80. The number of aromatic nitrogens is 1. The fraction of sp³-hybridized carbons (Fsp3) is 0.348. The zero-order chi connectivity index (χ0) is 21.3. The van der Waals surface area contributed by atoms with Gasteiger partial charge in [0, 0.05) is 55.9 Å². The van der Waals surface area contributed by atoms with Gasteiger partial charge in [0.15, 0.2) is 5.43 Å². The van der Waals surface area contributed by atoms with Gasteiger partial charge in [-0.1, -0.05) is 30.3 Å². The molecule has 0 radical (unpaired) electrons. The molecule has 1 fully saturated rings. The summed E-state index contributed by atoms with van der Waals surface area (Å²) in [7, 11) is 0. The summed E-state index contributed by atoms with van der Waals surface area (Å²) in [5.74, 6) is 0. The van der Waals surface area contributed by atoms with Crippen molar-refractivity contribution in [3.05, 3.63) is 81.1 Å². The minimum atomic E-state index is -4.43. The van der Waals surface area contributed by atoms with Gasteiger partial charge >= 0.3 is 6.18 Å². The number of aryl methyl sites for hydroxylation is 1. The molecule has 0 bridgehead atoms. The number of alkyl halides is 3. The van der Waals surface area contributed by atoms with Gasteiger partial charge in [0.2, 0.25) is 0 Å². The fourth-order valence-corrected chi connectivity index (χ4v) is 3.99. The van der Waals surface area contributed by atoms with Gasteiger partial charge in [-0.2, -0.15) is 13.2 Å². The summed E-state index contributed by atoms with van der Waals surface area (Å²) >= 11 is 0. The quantitative estimate of drug-likeness (QED) is 0.695. The van der Waals surface area contributed by atoms with Gasteiger partial charge in [0.25, 0.3) is 0 Å². The lowest BCUT2D eigenvalue weighted by Crippen LogP contribution is -2.46. The number of benzene rings is 2. The Morgan fingerprint density at radius 3 is 2.20 bits per heavy atom. The Bertz CT molecular complexity index is 1080. The number of nitrogens with zero attached hydrogens (tertiary/aromatic N) is 2. The molecule has 7 heteroatoms. The Hall–Kier alpha value is -2.64. The van der Waals surface area contributed by atoms with Crippen LogP contribution in [-0.2, 0) is 19.3 Å². The Labute approximate surface area is 172 Å². The molecule has 3 aromatic rings. The van der Waals surface area contributed by atoms with Gasteiger partial charge in [-0.25, -0.2) is 0 Å². The first kappa shape index (κ1) is 20.6. The molecule has 1 aliphatic heterocycles. The lowest BCUT2D eigenvalue weighted by atomic mass is 10.1. The van der Waals surface area contributed by atoms with Crippen molar-refractivity contribution in [2.24, 2.45) is 0 Å². The van der Waals surface area contributed by atoms with E-state index in [1.807, 2.05) is 18.2 Å². The van der Waals surface area contributed by atoms with E-state index in [-0.39, 0.29) is 10.9 Å². The maximum Gasteiger partial charge on any atom is 0.416 e. The molecule has 2 heterocycles. The summed E-state index contributed by atoms with van der Waals surface area (Å²) in [6, 6.07) is 13.6. The van der Waals surface area contributed by atoms with E-state index in [0.29, 0.717) is 23.2 Å². The van der Waals surface area contributed by atoms with Gasteiger partial charge in [0.05, 0.1) is 11.1 Å². The predicted octanol–water partition coefficient (Wildman–Crippen LogP) is 4.17. The zero-order valence-corrected chi connectivity index (χ0v) is 16.8. The molecule has 0 aliphatic carbocycles. The first-order valence-corrected chi connectivity index (χ1v) is 10.0. The average Bonchev–Trinajstić information content (AvgIpc) is 2.72. The van der Waals surface area contributed by atoms with E-state index >= 15 is 0 Å². The normalized spacial score (nSPS) is 16.3. The lowest BCUT2D eigenvalue weighted by molar-refractivity contribution is -0.137. The molecule has 0 spiro atoms. The van der Waals surface area contributed by atoms with E-state index in [1.54, 1.807) is 6.92 Å². The molecule has 0 unspecified atom stereocenters. The van der Waals surface area contributed by atoms with Crippen LogP contribution in [0, 0.1) is 6.92 Å². The number of nitrogens with one attached hydrogen (secondary N) is 1. The first-order chi connectivity index (χ1) is 14.3. The molecule has 0 saturated carbocycles. The standard InChI is InChI=1S/C23H24F3N3O/c1-16-20(22(30)19-8-7-18(23(24,25)26)13-21(19)27-16)15-29-11-9-28(10-12-29)14-17-5-3-2-4-6-17/h2-8,13H,9-12,14-15H2,1H3,(H,27,30). The van der Waals surface area contributed by atoms with Crippen molar-refractivity contribution < 1.29 is 13.2 Å². The average molecular weight is 415 g/mol. The van der Waals surface area contributed by atoms with Crippen molar-refractivity contribution in [3.63, 3.8) is 0 Å². The molecule has 2 aromatic carbocycles. The summed E-state index contributed by atoms with van der Waals surface area (Å²) in [6.07, 6.45) is -4.43. The summed E-state index contributed by atoms with van der Waals surface area (Å²) in [4.78, 5) is 20.6. The van der Waals surface area contributed by atoms with E-state index in [0.717, 1.165) is 44.9 Å². The molecule has 30 heavy (non-hydrogen) atoms. The number of H-pyrrole nitrogens is 1. The predicted molar refractivity (Wildman–Crippen MR) is 111 cm³/mol. The van der Waals surface area contributed by atoms with Gasteiger partial charge in [-0.15, -0.1) is 0 Å². The number of pyridine rings is 1. The third-order valence-corrected chi connectivity index (χ3v) is 5.74. The maximum atomic E-state index is 13.0. The zero-order valence-electron chi connectivity index (χ0n) is 16.8. The van der Waals surface area contributed by atoms with E-state index in [1.165, 1.54) is 11.6 Å². The van der Waals surface area contributed by atoms with Crippen molar-refractivity contribution in [1.82, 2.24) is 14.8 Å². The van der Waals surface area contributed by atoms with Crippen molar-refractivity contribution in [3.8, 4) is 0 Å². The number of hydrogen-bond donors (Lipinski definition) is 1. The summed E-state index contributed by atoms with van der Waals surface area (Å²) in [5, 5.41) is 0.298. The second kappa shape index (κ2) is 8.24. The second-order valence-corrected chi connectivity index (χ2v) is 7.85. The van der Waals surface area contributed by atoms with Gasteiger partial charge in [-0.05, 0) is 30.7 Å². The van der Waals surface area contributed by atoms with Gasteiger partial charge in [0.1, 0.15) is 0 Å². The van der Waals surface area contributed by atoms with Crippen LogP contribution in [0.5, 0.6) is 0 Å². The van der Waals surface area contributed by atoms with E-state index in [4.69, 9.17) is 0 Å². The molecule has 0 amide bonds. The van der Waals surface area contributed by atoms with Crippen LogP contribution in [0.2, 0.25) is 0 Å². The van der Waals surface area contributed by atoms with E-state index in [2.05, 4.69) is 26.9 Å². The highest BCUT2D eigenvalue weighted by Gasteiger charge is 2.31. The first-order valence-electron chi connectivity index (χ1n) is 10.0. The second-order valence-electron chi connectivity index (χ2n) is 7.85. The molecule has 1 aromatic heterocycles. The highest BCUT2D eigenvalue weighted by atomic mass is 19.4. The molecule has 158 valence electrons. The van der Waals surface area contributed by atoms with Crippen LogP contribution in [0.15, 0.2) is 53.3 Å². The number of aromatic amines is 1. The molecule has 0 atom stereocenters. The Morgan fingerprint density at radius 1 is 0.933 bits per heavy atom. The number of hydrogen-bond acceptors (Lipinski definition) is 3. The molecule has 1 saturated heterocycles. The minimum absolute atomic E-state index is 0.193. The van der Waals surface area contributed by atoms with Crippen LogP contribution in [-0.4, -0.2) is 41.0 Å². The maximum absolute atomic E-state index is 13.0. The number of fused-ring (bicyclic) bond motifs is 1. The van der Waals surface area contributed by atoms with Crippen LogP contribution in [0.25, 0.3) is 10.9 Å². The Balaban J connectivity index is 1.47. The van der Waals surface area contributed by atoms with Crippen LogP contribution in [0.1, 0.15) is 22.4 Å². The Kier molecular flexibility index (Phi) is 5.66. The van der Waals surface area contributed by atoms with Crippen LogP contribution >= 0.6 is 0 Å². The summed E-state index contributed by atoms with van der Waals surface area (Å²) in [6.45, 7) is 6.67. The van der Waals surface area contributed by atoms with Crippen LogP contribution in [0.4, 0.5) is 13.2 Å². The van der Waals surface area contributed by atoms with E-state index < -0.39 is 11.7 Å². The number of rotatable bonds is 4. The summed E-state index contributed by atoms with van der Waals surface area (Å²) in [5.41, 5.74) is 1.81. The molecule has 1 aliphatic rings. The fourth-order valence-electron chi connectivity index (χ4n) is 3.99. The molecule has 4 rings (SSSR count). The lowest BCUT2D eigenvalue weighted by Gasteiger charge is -2.34. The summed E-state index contributed by atoms with van der Waals surface area (Å²) < 4.78 is 38.9. The van der Waals surface area contributed by atoms with Crippen molar-refractivity contribution in [2.45, 2.75) is 26.2 Å². The molecule has 4 nitrogen and oxygen atoms in total. The van der Waals surface area contributed by atoms with Crippen molar-refractivity contribution in [1.29, 1.82) is 0 Å². The molecule has 1 N–H and O–H groups in total. The third-order valence-electron chi connectivity index (χ3n) is 5.74. The van der Waals surface area contributed by atoms with Gasteiger partial charge < -0.3 is 4.98 Å². The van der Waals surface area contributed by atoms with Crippen LogP contribution in [0.3, 0.4) is 0 Å². The SMILES string of the molecule is Cc1[nH]c2cc(C(F)(F)F)ccc2c(=O)c1CN1CCN(Cc2ccccc2)CC1. The molecular formula is C23H24F3N3O. The Morgan fingerprint density at radius 2 is 1.57 bits per heavy atom. The number of halogens is 3. The van der Waals surface area contributed by atoms with Crippen LogP contribution < -0.4 is 5.43 Å². The topological polar surface area (TPSA) is 39.3 Å². The largest absolute Gasteiger partial charge is 0.416 e. The highest BCUT2D eigenvalue weighted by Crippen LogP contribution is 2.30. The van der Waals surface area contributed by atoms with E-state index in [9.17, 15) is 18.0 Å². The third kappa shape index (κ3) is 4.42. The number of piperazine rings is 1.